The first-order chi connectivity index (χ1) is 15.4. The molecule has 0 radical (unpaired) electrons. The maximum Gasteiger partial charge on any atom is 0.209 e. The number of piperidine rings is 1. The van der Waals surface area contributed by atoms with Gasteiger partial charge in [0.25, 0.3) is 0 Å². The molecule has 2 aromatic rings. The van der Waals surface area contributed by atoms with E-state index in [1.54, 1.807) is 31.3 Å². The van der Waals surface area contributed by atoms with Crippen LogP contribution in [0.25, 0.3) is 11.1 Å². The van der Waals surface area contributed by atoms with Gasteiger partial charge in [-0.2, -0.15) is 0 Å². The SMILES string of the molecule is COCCCC[C@@](O)(c1cccc(F)c1-c1cc(C)cc(OC)c1)C1CCCN(C=O)C1. The van der Waals surface area contributed by atoms with E-state index in [-0.39, 0.29) is 11.7 Å². The quantitative estimate of drug-likeness (QED) is 0.428. The Labute approximate surface area is 190 Å². The van der Waals surface area contributed by atoms with Crippen molar-refractivity contribution in [3.8, 4) is 16.9 Å². The van der Waals surface area contributed by atoms with E-state index in [2.05, 4.69) is 0 Å². The van der Waals surface area contributed by atoms with Gasteiger partial charge in [-0.15, -0.1) is 0 Å². The summed E-state index contributed by atoms with van der Waals surface area (Å²) in [6, 6.07) is 10.5. The molecule has 0 aliphatic carbocycles. The Kier molecular flexibility index (Phi) is 8.26. The Morgan fingerprint density at radius 2 is 2.06 bits per heavy atom. The summed E-state index contributed by atoms with van der Waals surface area (Å²) in [5.41, 5.74) is 1.31. The van der Waals surface area contributed by atoms with Gasteiger partial charge in [0, 0.05) is 38.3 Å². The molecule has 1 N–H and O–H groups in total. The summed E-state index contributed by atoms with van der Waals surface area (Å²) in [6.45, 7) is 3.68. The Balaban J connectivity index is 2.11. The number of rotatable bonds is 10. The minimum Gasteiger partial charge on any atom is -0.497 e. The molecule has 3 rings (SSSR count). The number of carbonyl (C=O) groups is 1. The number of nitrogens with zero attached hydrogens (tertiary/aromatic N) is 1. The number of ether oxygens (including phenoxy) is 2. The molecular weight excluding hydrogens is 409 g/mol. The molecule has 1 aliphatic rings. The molecule has 1 fully saturated rings. The summed E-state index contributed by atoms with van der Waals surface area (Å²) in [4.78, 5) is 13.2. The van der Waals surface area contributed by atoms with Gasteiger partial charge in [0.1, 0.15) is 11.6 Å². The summed E-state index contributed by atoms with van der Waals surface area (Å²) in [7, 11) is 3.24. The van der Waals surface area contributed by atoms with Crippen LogP contribution in [0.5, 0.6) is 5.75 Å². The molecule has 6 heteroatoms. The number of unbranched alkanes of at least 4 members (excludes halogenated alkanes) is 1. The van der Waals surface area contributed by atoms with E-state index < -0.39 is 5.60 Å². The summed E-state index contributed by atoms with van der Waals surface area (Å²) >= 11 is 0. The van der Waals surface area contributed by atoms with Gasteiger partial charge in [-0.25, -0.2) is 4.39 Å². The van der Waals surface area contributed by atoms with E-state index in [1.807, 2.05) is 25.1 Å². The largest absolute Gasteiger partial charge is 0.497 e. The lowest BCUT2D eigenvalue weighted by Gasteiger charge is -2.43. The smallest absolute Gasteiger partial charge is 0.209 e. The maximum absolute atomic E-state index is 15.3. The highest BCUT2D eigenvalue weighted by Gasteiger charge is 2.42. The molecular formula is C26H34FNO4. The van der Waals surface area contributed by atoms with Crippen molar-refractivity contribution in [2.45, 2.75) is 44.6 Å². The maximum atomic E-state index is 15.3. The highest BCUT2D eigenvalue weighted by atomic mass is 19.1. The van der Waals surface area contributed by atoms with Gasteiger partial charge in [-0.05, 0) is 73.9 Å². The second kappa shape index (κ2) is 10.9. The van der Waals surface area contributed by atoms with Crippen LogP contribution in [0.2, 0.25) is 0 Å². The van der Waals surface area contributed by atoms with E-state index in [9.17, 15) is 9.90 Å². The van der Waals surface area contributed by atoms with Crippen LogP contribution >= 0.6 is 0 Å². The monoisotopic (exact) mass is 443 g/mol. The third-order valence-corrected chi connectivity index (χ3v) is 6.49. The first kappa shape index (κ1) is 24.2. The minimum absolute atomic E-state index is 0.184. The van der Waals surface area contributed by atoms with E-state index in [1.165, 1.54) is 6.07 Å². The number of benzene rings is 2. The van der Waals surface area contributed by atoms with Crippen LogP contribution in [0.3, 0.4) is 0 Å². The Hall–Kier alpha value is -2.44. The number of carbonyl (C=O) groups excluding carboxylic acids is 1. The Morgan fingerprint density at radius 3 is 2.78 bits per heavy atom. The van der Waals surface area contributed by atoms with Gasteiger partial charge in [0.05, 0.1) is 12.7 Å². The van der Waals surface area contributed by atoms with Crippen molar-refractivity contribution in [1.82, 2.24) is 4.90 Å². The summed E-state index contributed by atoms with van der Waals surface area (Å²) in [5.74, 6) is 0.0763. The van der Waals surface area contributed by atoms with Crippen LogP contribution in [-0.2, 0) is 15.1 Å². The zero-order valence-electron chi connectivity index (χ0n) is 19.3. The van der Waals surface area contributed by atoms with Crippen LogP contribution in [0.4, 0.5) is 4.39 Å². The number of likely N-dealkylation sites (tertiary alicyclic amines) is 1. The van der Waals surface area contributed by atoms with E-state index in [0.717, 1.165) is 37.7 Å². The molecule has 32 heavy (non-hydrogen) atoms. The van der Waals surface area contributed by atoms with E-state index in [0.29, 0.717) is 48.6 Å². The van der Waals surface area contributed by atoms with Crippen molar-refractivity contribution >= 4 is 6.41 Å². The van der Waals surface area contributed by atoms with Crippen LogP contribution in [0.15, 0.2) is 36.4 Å². The molecule has 0 bridgehead atoms. The number of amides is 1. The van der Waals surface area contributed by atoms with E-state index >= 15 is 4.39 Å². The van der Waals surface area contributed by atoms with Crippen molar-refractivity contribution in [2.75, 3.05) is 33.9 Å². The lowest BCUT2D eigenvalue weighted by Crippen LogP contribution is -2.46. The van der Waals surface area contributed by atoms with Crippen molar-refractivity contribution < 1.29 is 23.8 Å². The van der Waals surface area contributed by atoms with Gasteiger partial charge in [-0.1, -0.05) is 18.2 Å². The average Bonchev–Trinajstić information content (AvgIpc) is 2.81. The minimum atomic E-state index is -1.27. The Morgan fingerprint density at radius 1 is 1.25 bits per heavy atom. The zero-order valence-corrected chi connectivity index (χ0v) is 19.3. The van der Waals surface area contributed by atoms with Crippen LogP contribution in [-0.4, -0.2) is 50.3 Å². The molecule has 2 atom stereocenters. The third kappa shape index (κ3) is 5.30. The lowest BCUT2D eigenvalue weighted by atomic mass is 9.72. The second-order valence-corrected chi connectivity index (χ2v) is 8.71. The topological polar surface area (TPSA) is 59.0 Å². The third-order valence-electron chi connectivity index (χ3n) is 6.49. The molecule has 1 saturated heterocycles. The highest BCUT2D eigenvalue weighted by Crippen LogP contribution is 2.44. The molecule has 1 heterocycles. The van der Waals surface area contributed by atoms with Gasteiger partial charge in [0.15, 0.2) is 0 Å². The molecule has 5 nitrogen and oxygen atoms in total. The molecule has 1 amide bonds. The predicted octanol–water partition coefficient (Wildman–Crippen LogP) is 4.68. The van der Waals surface area contributed by atoms with Crippen molar-refractivity contribution in [2.24, 2.45) is 5.92 Å². The number of halogens is 1. The lowest BCUT2D eigenvalue weighted by molar-refractivity contribution is -0.123. The van der Waals surface area contributed by atoms with Crippen molar-refractivity contribution in [3.05, 3.63) is 53.3 Å². The molecule has 1 aliphatic heterocycles. The Bertz CT molecular complexity index is 919. The zero-order chi connectivity index (χ0) is 23.1. The van der Waals surface area contributed by atoms with Gasteiger partial charge in [-0.3, -0.25) is 4.79 Å². The fraction of sp³-hybridized carbons (Fsp3) is 0.500. The summed E-state index contributed by atoms with van der Waals surface area (Å²) in [5, 5.41) is 12.2. The molecule has 2 aromatic carbocycles. The summed E-state index contributed by atoms with van der Waals surface area (Å²) < 4.78 is 25.9. The fourth-order valence-corrected chi connectivity index (χ4v) is 4.88. The normalized spacial score (nSPS) is 18.3. The van der Waals surface area contributed by atoms with Crippen molar-refractivity contribution in [3.63, 3.8) is 0 Å². The molecule has 1 unspecified atom stereocenters. The second-order valence-electron chi connectivity index (χ2n) is 8.71. The van der Waals surface area contributed by atoms with Crippen LogP contribution in [0, 0.1) is 18.7 Å². The molecule has 0 saturated carbocycles. The predicted molar refractivity (Wildman–Crippen MR) is 123 cm³/mol. The van der Waals surface area contributed by atoms with Crippen molar-refractivity contribution in [1.29, 1.82) is 0 Å². The van der Waals surface area contributed by atoms with Gasteiger partial charge < -0.3 is 19.5 Å². The first-order valence-corrected chi connectivity index (χ1v) is 11.3. The van der Waals surface area contributed by atoms with Gasteiger partial charge in [0.2, 0.25) is 6.41 Å². The van der Waals surface area contributed by atoms with Crippen LogP contribution in [0.1, 0.15) is 43.2 Å². The highest BCUT2D eigenvalue weighted by molar-refractivity contribution is 5.71. The van der Waals surface area contributed by atoms with Crippen LogP contribution < -0.4 is 4.74 Å². The van der Waals surface area contributed by atoms with E-state index in [4.69, 9.17) is 9.47 Å². The standard InChI is InChI=1S/C26H34FNO4/c1-19-14-20(16-22(15-19)32-3)25-23(9-6-10-24(25)27)26(30,11-4-5-13-31-2)21-8-7-12-28(17-21)18-29/h6,9-10,14-16,18,21,30H,4-5,7-8,11-13,17H2,1-3H3/t21?,26-/m0/s1. The molecule has 0 aromatic heterocycles. The number of aryl methyl sites for hydroxylation is 1. The number of hydrogen-bond donors (Lipinski definition) is 1. The number of methoxy groups -OCH3 is 2. The molecule has 0 spiro atoms. The average molecular weight is 444 g/mol. The molecule has 174 valence electrons. The fourth-order valence-electron chi connectivity index (χ4n) is 4.88. The van der Waals surface area contributed by atoms with Gasteiger partial charge >= 0.3 is 0 Å². The summed E-state index contributed by atoms with van der Waals surface area (Å²) in [6.07, 6.45) is 4.42. The number of aliphatic hydroxyl groups is 1. The first-order valence-electron chi connectivity index (χ1n) is 11.3. The number of hydrogen-bond acceptors (Lipinski definition) is 4.